The molecule has 0 saturated heterocycles. The lowest BCUT2D eigenvalue weighted by Gasteiger charge is -1.88. The highest BCUT2D eigenvalue weighted by atomic mass is 35.5. The Labute approximate surface area is 74.1 Å². The first-order chi connectivity index (χ1) is 5.22. The number of aromatic amines is 1. The average molecular weight is 199 g/mol. The zero-order valence-electron chi connectivity index (χ0n) is 6.10. The molecule has 0 saturated carbocycles. The number of anilines is 1. The van der Waals surface area contributed by atoms with Crippen LogP contribution in [0.3, 0.4) is 0 Å². The Balaban J connectivity index is 0.00000121. The van der Waals surface area contributed by atoms with E-state index in [0.717, 1.165) is 0 Å². The normalized spacial score (nSPS) is 9.67. The Hall–Kier alpha value is -0.880. The van der Waals surface area contributed by atoms with E-state index in [9.17, 15) is 8.78 Å². The third kappa shape index (κ3) is 3.02. The minimum atomic E-state index is -2.36. The Bertz CT molecular complexity index is 227. The molecule has 1 aromatic rings. The molecule has 4 N–H and O–H groups in total. The van der Waals surface area contributed by atoms with Crippen LogP contribution < -0.4 is 28.4 Å². The first-order valence-corrected chi connectivity index (χ1v) is 3.05. The molecular formula is C5H9ClF2N4. The molecule has 12 heavy (non-hydrogen) atoms. The van der Waals surface area contributed by atoms with Crippen LogP contribution in [0.15, 0.2) is 12.4 Å². The topological polar surface area (TPSA) is 57.7 Å². The van der Waals surface area contributed by atoms with E-state index in [2.05, 4.69) is 10.5 Å². The van der Waals surface area contributed by atoms with Crippen LogP contribution in [-0.4, -0.2) is 11.5 Å². The first kappa shape index (κ1) is 11.1. The number of halogens is 3. The lowest BCUT2D eigenvalue weighted by atomic mass is 10.6. The Morgan fingerprint density at radius 1 is 1.67 bits per heavy atom. The van der Waals surface area contributed by atoms with Gasteiger partial charge in [-0.1, -0.05) is 0 Å². The highest BCUT2D eigenvalue weighted by Gasteiger charge is 2.12. The third-order valence-electron chi connectivity index (χ3n) is 1.18. The smallest absolute Gasteiger partial charge is 0.298 e. The summed E-state index contributed by atoms with van der Waals surface area (Å²) < 4.78 is 24.7. The van der Waals surface area contributed by atoms with Gasteiger partial charge in [0.15, 0.2) is 0 Å². The lowest BCUT2D eigenvalue weighted by Crippen LogP contribution is -3.00. The van der Waals surface area contributed by atoms with Crippen molar-refractivity contribution in [2.75, 3.05) is 5.43 Å². The SMILES string of the molecule is NNc1c[nH][n+](CC(F)F)c1.[Cl-]. The van der Waals surface area contributed by atoms with Crippen LogP contribution in [0.1, 0.15) is 0 Å². The molecule has 0 aliphatic heterocycles. The summed E-state index contributed by atoms with van der Waals surface area (Å²) in [6, 6.07) is 0. The number of rotatable bonds is 3. The van der Waals surface area contributed by atoms with Gasteiger partial charge >= 0.3 is 0 Å². The fourth-order valence-electron chi connectivity index (χ4n) is 0.728. The van der Waals surface area contributed by atoms with Gasteiger partial charge in [-0.3, -0.25) is 5.84 Å². The number of H-pyrrole nitrogens is 1. The number of nitrogen functional groups attached to an aromatic ring is 1. The summed E-state index contributed by atoms with van der Waals surface area (Å²) >= 11 is 0. The monoisotopic (exact) mass is 198 g/mol. The van der Waals surface area contributed by atoms with Gasteiger partial charge in [0.25, 0.3) is 6.43 Å². The minimum Gasteiger partial charge on any atom is -1.00 e. The van der Waals surface area contributed by atoms with Crippen molar-refractivity contribution < 1.29 is 25.9 Å². The second kappa shape index (κ2) is 4.89. The molecule has 1 rings (SSSR count). The van der Waals surface area contributed by atoms with Crippen LogP contribution >= 0.6 is 0 Å². The van der Waals surface area contributed by atoms with E-state index >= 15 is 0 Å². The first-order valence-electron chi connectivity index (χ1n) is 3.05. The van der Waals surface area contributed by atoms with Crippen LogP contribution in [-0.2, 0) is 6.54 Å². The molecule has 1 aromatic heterocycles. The third-order valence-corrected chi connectivity index (χ3v) is 1.18. The van der Waals surface area contributed by atoms with E-state index in [4.69, 9.17) is 5.84 Å². The largest absolute Gasteiger partial charge is 1.00 e. The Kier molecular flexibility index (Phi) is 4.53. The number of hydrogen-bond donors (Lipinski definition) is 3. The second-order valence-electron chi connectivity index (χ2n) is 2.05. The van der Waals surface area contributed by atoms with E-state index in [1.807, 2.05) is 0 Å². The number of hydrogen-bond acceptors (Lipinski definition) is 2. The molecule has 70 valence electrons. The molecule has 1 heterocycles. The highest BCUT2D eigenvalue weighted by molar-refractivity contribution is 5.33. The molecule has 0 bridgehead atoms. The number of aromatic nitrogens is 2. The highest BCUT2D eigenvalue weighted by Crippen LogP contribution is 1.97. The maximum Gasteiger partial charge on any atom is 0.298 e. The summed E-state index contributed by atoms with van der Waals surface area (Å²) in [5.74, 6) is 5.02. The van der Waals surface area contributed by atoms with E-state index in [1.54, 1.807) is 0 Å². The Morgan fingerprint density at radius 3 is 2.75 bits per heavy atom. The second-order valence-corrected chi connectivity index (χ2v) is 2.05. The standard InChI is InChI=1S/C5H8F2N4.ClH/c6-5(7)3-11-2-4(10-8)1-9-11;/h1-2,5,10H,3,8H2;1H. The van der Waals surface area contributed by atoms with Gasteiger partial charge in [0.05, 0.1) is 6.20 Å². The van der Waals surface area contributed by atoms with Gasteiger partial charge in [0, 0.05) is 0 Å². The van der Waals surface area contributed by atoms with E-state index < -0.39 is 6.43 Å². The van der Waals surface area contributed by atoms with Crippen molar-refractivity contribution in [3.8, 4) is 0 Å². The lowest BCUT2D eigenvalue weighted by molar-refractivity contribution is -0.757. The molecule has 0 spiro atoms. The summed E-state index contributed by atoms with van der Waals surface area (Å²) in [6.45, 7) is -0.346. The van der Waals surface area contributed by atoms with E-state index in [-0.39, 0.29) is 19.0 Å². The molecule has 0 unspecified atom stereocenters. The van der Waals surface area contributed by atoms with Crippen LogP contribution in [0.4, 0.5) is 14.5 Å². The summed E-state index contributed by atoms with van der Waals surface area (Å²) in [6.07, 6.45) is 0.610. The van der Waals surface area contributed by atoms with Gasteiger partial charge in [0.2, 0.25) is 12.7 Å². The number of alkyl halides is 2. The quantitative estimate of drug-likeness (QED) is 0.273. The van der Waals surface area contributed by atoms with E-state index in [1.165, 1.54) is 17.1 Å². The van der Waals surface area contributed by atoms with Gasteiger partial charge < -0.3 is 17.8 Å². The molecule has 0 atom stereocenters. The van der Waals surface area contributed by atoms with Gasteiger partial charge in [-0.2, -0.15) is 5.10 Å². The summed E-state index contributed by atoms with van der Waals surface area (Å²) in [5, 5.41) is 2.58. The van der Waals surface area contributed by atoms with Crippen LogP contribution in [0.2, 0.25) is 0 Å². The molecule has 7 heteroatoms. The zero-order valence-corrected chi connectivity index (χ0v) is 6.85. The summed E-state index contributed by atoms with van der Waals surface area (Å²) in [5.41, 5.74) is 2.90. The molecule has 0 aliphatic carbocycles. The minimum absolute atomic E-state index is 0. The van der Waals surface area contributed by atoms with Crippen LogP contribution in [0, 0.1) is 0 Å². The molecule has 0 radical (unpaired) electrons. The van der Waals surface area contributed by atoms with Crippen molar-refractivity contribution in [1.29, 1.82) is 0 Å². The van der Waals surface area contributed by atoms with Crippen molar-refractivity contribution >= 4 is 5.69 Å². The molecule has 4 nitrogen and oxygen atoms in total. The maximum absolute atomic E-state index is 11.7. The molecule has 0 aromatic carbocycles. The summed E-state index contributed by atoms with van der Waals surface area (Å²) in [7, 11) is 0. The molecule has 0 aliphatic rings. The van der Waals surface area contributed by atoms with Gasteiger partial charge in [-0.25, -0.2) is 8.78 Å². The predicted molar refractivity (Wildman–Crippen MR) is 34.8 cm³/mol. The maximum atomic E-state index is 11.7. The molecule has 0 fully saturated rings. The number of nitrogens with two attached hydrogens (primary N) is 1. The van der Waals surface area contributed by atoms with Crippen molar-refractivity contribution in [1.82, 2.24) is 5.10 Å². The Morgan fingerprint density at radius 2 is 2.33 bits per heavy atom. The fraction of sp³-hybridized carbons (Fsp3) is 0.400. The van der Waals surface area contributed by atoms with Crippen LogP contribution in [0.25, 0.3) is 0 Å². The number of nitrogens with one attached hydrogen (secondary N) is 2. The van der Waals surface area contributed by atoms with Crippen molar-refractivity contribution in [3.05, 3.63) is 12.4 Å². The molecular weight excluding hydrogens is 190 g/mol. The fourth-order valence-corrected chi connectivity index (χ4v) is 0.728. The van der Waals surface area contributed by atoms with Crippen molar-refractivity contribution in [3.63, 3.8) is 0 Å². The van der Waals surface area contributed by atoms with Crippen LogP contribution in [0.5, 0.6) is 0 Å². The average Bonchev–Trinajstić information content (AvgIpc) is 2.34. The number of nitrogens with zero attached hydrogens (tertiary/aromatic N) is 1. The number of hydrazine groups is 1. The van der Waals surface area contributed by atoms with Gasteiger partial charge in [-0.05, 0) is 0 Å². The molecule has 0 amide bonds. The van der Waals surface area contributed by atoms with Crippen molar-refractivity contribution in [2.45, 2.75) is 13.0 Å². The zero-order chi connectivity index (χ0) is 8.27. The predicted octanol–water partition coefficient (Wildman–Crippen LogP) is -3.14. The van der Waals surface area contributed by atoms with Crippen molar-refractivity contribution in [2.24, 2.45) is 5.84 Å². The van der Waals surface area contributed by atoms with Gasteiger partial charge in [0.1, 0.15) is 5.69 Å². The summed E-state index contributed by atoms with van der Waals surface area (Å²) in [4.78, 5) is 0. The van der Waals surface area contributed by atoms with Gasteiger partial charge in [-0.15, -0.1) is 4.68 Å². The van der Waals surface area contributed by atoms with E-state index in [0.29, 0.717) is 5.69 Å².